The third kappa shape index (κ3) is 2.32. The Bertz CT molecular complexity index is 400. The van der Waals surface area contributed by atoms with E-state index < -0.39 is 0 Å². The first-order chi connectivity index (χ1) is 5.25. The summed E-state index contributed by atoms with van der Waals surface area (Å²) in [5, 5.41) is 0. The van der Waals surface area contributed by atoms with Gasteiger partial charge >= 0.3 is 0 Å². The van der Waals surface area contributed by atoms with Gasteiger partial charge in [-0.15, -0.1) is 24.8 Å². The summed E-state index contributed by atoms with van der Waals surface area (Å²) >= 11 is 0. The first kappa shape index (κ1) is 12.2. The molecule has 0 aliphatic rings. The Morgan fingerprint density at radius 3 is 2.46 bits per heavy atom. The summed E-state index contributed by atoms with van der Waals surface area (Å²) in [7, 11) is 0. The number of aromatic nitrogens is 2. The van der Waals surface area contributed by atoms with Crippen LogP contribution >= 0.6 is 24.8 Å². The van der Waals surface area contributed by atoms with Gasteiger partial charge in [-0.05, 0) is 19.1 Å². The zero-order chi connectivity index (χ0) is 7.84. The second kappa shape index (κ2) is 4.44. The molecule has 2 aromatic rings. The third-order valence-corrected chi connectivity index (χ3v) is 1.50. The first-order valence-electron chi connectivity index (χ1n) is 3.46. The maximum absolute atomic E-state index is 5.23. The number of halogens is 2. The summed E-state index contributed by atoms with van der Waals surface area (Å²) in [5.41, 5.74) is 2.41. The Morgan fingerprint density at radius 1 is 1.08 bits per heavy atom. The molecule has 0 radical (unpaired) electrons. The van der Waals surface area contributed by atoms with Crippen LogP contribution in [-0.2, 0) is 0 Å². The average Bonchev–Trinajstić information content (AvgIpc) is 2.27. The molecule has 3 nitrogen and oxygen atoms in total. The number of hydrogen-bond donors (Lipinski definition) is 0. The van der Waals surface area contributed by atoms with E-state index in [4.69, 9.17) is 4.42 Å². The van der Waals surface area contributed by atoms with Crippen molar-refractivity contribution in [2.75, 3.05) is 0 Å². The van der Waals surface area contributed by atoms with Crippen molar-refractivity contribution in [3.63, 3.8) is 0 Å². The molecule has 5 heteroatoms. The molecule has 0 bridgehead atoms. The lowest BCUT2D eigenvalue weighted by atomic mass is 10.4. The van der Waals surface area contributed by atoms with Crippen LogP contribution in [0.3, 0.4) is 0 Å². The second-order valence-electron chi connectivity index (χ2n) is 2.51. The number of nitrogens with zero attached hydrogens (tertiary/aromatic N) is 2. The second-order valence-corrected chi connectivity index (χ2v) is 2.51. The van der Waals surface area contributed by atoms with Gasteiger partial charge in [0, 0.05) is 12.6 Å². The van der Waals surface area contributed by atoms with Gasteiger partial charge in [-0.3, -0.25) is 0 Å². The fourth-order valence-electron chi connectivity index (χ4n) is 1.02. The third-order valence-electron chi connectivity index (χ3n) is 1.50. The highest BCUT2D eigenvalue weighted by atomic mass is 35.5. The molecule has 0 saturated heterocycles. The SMILES string of the molecule is Cc1ccc2nc(C)oc2n1.Cl.Cl. The van der Waals surface area contributed by atoms with Crippen LogP contribution in [0.25, 0.3) is 11.2 Å². The minimum Gasteiger partial charge on any atom is -0.423 e. The first-order valence-corrected chi connectivity index (χ1v) is 3.46. The molecule has 0 saturated carbocycles. The maximum Gasteiger partial charge on any atom is 0.247 e. The number of hydrogen-bond acceptors (Lipinski definition) is 3. The molecule has 0 aliphatic heterocycles. The van der Waals surface area contributed by atoms with Crippen LogP contribution in [-0.4, -0.2) is 9.97 Å². The highest BCUT2D eigenvalue weighted by Crippen LogP contribution is 2.12. The number of fused-ring (bicyclic) bond motifs is 1. The molecule has 0 fully saturated rings. The molecular formula is C8H10Cl2N2O. The minimum absolute atomic E-state index is 0. The van der Waals surface area contributed by atoms with E-state index in [1.165, 1.54) is 0 Å². The maximum atomic E-state index is 5.23. The van der Waals surface area contributed by atoms with Gasteiger partial charge in [-0.2, -0.15) is 0 Å². The summed E-state index contributed by atoms with van der Waals surface area (Å²) in [4.78, 5) is 8.29. The number of pyridine rings is 1. The highest BCUT2D eigenvalue weighted by Gasteiger charge is 2.01. The van der Waals surface area contributed by atoms with Gasteiger partial charge in [0.05, 0.1) is 0 Å². The molecule has 0 unspecified atom stereocenters. The van der Waals surface area contributed by atoms with Crippen molar-refractivity contribution in [1.29, 1.82) is 0 Å². The number of oxazole rings is 1. The molecule has 0 atom stereocenters. The van der Waals surface area contributed by atoms with Crippen LogP contribution in [0.4, 0.5) is 0 Å². The van der Waals surface area contributed by atoms with Crippen molar-refractivity contribution < 1.29 is 4.42 Å². The summed E-state index contributed by atoms with van der Waals surface area (Å²) < 4.78 is 5.23. The lowest BCUT2D eigenvalue weighted by Gasteiger charge is -1.86. The Kier molecular flexibility index (Phi) is 4.17. The summed E-state index contributed by atoms with van der Waals surface area (Å²) in [5.74, 6) is 0.665. The molecule has 72 valence electrons. The van der Waals surface area contributed by atoms with E-state index >= 15 is 0 Å². The monoisotopic (exact) mass is 220 g/mol. The quantitative estimate of drug-likeness (QED) is 0.686. The van der Waals surface area contributed by atoms with Gasteiger partial charge in [0.15, 0.2) is 5.89 Å². The molecule has 2 aromatic heterocycles. The molecule has 2 heterocycles. The van der Waals surface area contributed by atoms with Gasteiger partial charge in [0.2, 0.25) is 5.71 Å². The van der Waals surface area contributed by atoms with Gasteiger partial charge in [0.1, 0.15) is 5.52 Å². The lowest BCUT2D eigenvalue weighted by Crippen LogP contribution is -1.78. The van der Waals surface area contributed by atoms with Crippen molar-refractivity contribution in [3.05, 3.63) is 23.7 Å². The number of rotatable bonds is 0. The lowest BCUT2D eigenvalue weighted by molar-refractivity contribution is 0.550. The van der Waals surface area contributed by atoms with Crippen LogP contribution in [0.5, 0.6) is 0 Å². The highest BCUT2D eigenvalue weighted by molar-refractivity contribution is 5.85. The van der Waals surface area contributed by atoms with Crippen molar-refractivity contribution in [2.45, 2.75) is 13.8 Å². The predicted molar refractivity (Wildman–Crippen MR) is 55.8 cm³/mol. The van der Waals surface area contributed by atoms with E-state index in [2.05, 4.69) is 9.97 Å². The predicted octanol–water partition coefficient (Wildman–Crippen LogP) is 2.68. The molecule has 2 rings (SSSR count). The van der Waals surface area contributed by atoms with Crippen LogP contribution in [0, 0.1) is 13.8 Å². The van der Waals surface area contributed by atoms with Crippen LogP contribution in [0.2, 0.25) is 0 Å². The Hall–Kier alpha value is -0.800. The van der Waals surface area contributed by atoms with Crippen LogP contribution < -0.4 is 0 Å². The summed E-state index contributed by atoms with van der Waals surface area (Å²) in [6, 6.07) is 3.83. The minimum atomic E-state index is 0. The topological polar surface area (TPSA) is 38.9 Å². The van der Waals surface area contributed by atoms with Crippen LogP contribution in [0.15, 0.2) is 16.5 Å². The van der Waals surface area contributed by atoms with Crippen molar-refractivity contribution in [1.82, 2.24) is 9.97 Å². The Morgan fingerprint density at radius 2 is 1.77 bits per heavy atom. The van der Waals surface area contributed by atoms with Crippen molar-refractivity contribution in [2.24, 2.45) is 0 Å². The van der Waals surface area contributed by atoms with E-state index in [0.717, 1.165) is 11.2 Å². The summed E-state index contributed by atoms with van der Waals surface area (Å²) in [6.07, 6.45) is 0. The fourth-order valence-corrected chi connectivity index (χ4v) is 1.02. The average molecular weight is 221 g/mol. The summed E-state index contributed by atoms with van der Waals surface area (Å²) in [6.45, 7) is 3.74. The van der Waals surface area contributed by atoms with Gasteiger partial charge in [-0.25, -0.2) is 9.97 Å². The largest absolute Gasteiger partial charge is 0.423 e. The fraction of sp³-hybridized carbons (Fsp3) is 0.250. The van der Waals surface area contributed by atoms with E-state index in [-0.39, 0.29) is 24.8 Å². The van der Waals surface area contributed by atoms with Gasteiger partial charge in [0.25, 0.3) is 0 Å². The van der Waals surface area contributed by atoms with E-state index in [1.54, 1.807) is 0 Å². The normalized spacial score (nSPS) is 9.08. The van der Waals surface area contributed by atoms with Crippen molar-refractivity contribution >= 4 is 36.0 Å². The Balaban J connectivity index is 0.000000720. The Labute approximate surface area is 88.4 Å². The van der Waals surface area contributed by atoms with E-state index in [1.807, 2.05) is 26.0 Å². The van der Waals surface area contributed by atoms with Crippen LogP contribution in [0.1, 0.15) is 11.6 Å². The molecule has 13 heavy (non-hydrogen) atoms. The molecular weight excluding hydrogens is 211 g/mol. The molecule has 0 aromatic carbocycles. The van der Waals surface area contributed by atoms with Crippen molar-refractivity contribution in [3.8, 4) is 0 Å². The van der Waals surface area contributed by atoms with E-state index in [9.17, 15) is 0 Å². The molecule has 0 N–H and O–H groups in total. The van der Waals surface area contributed by atoms with E-state index in [0.29, 0.717) is 11.6 Å². The molecule has 0 aliphatic carbocycles. The molecule has 0 spiro atoms. The standard InChI is InChI=1S/C8H8N2O.2ClH/c1-5-3-4-7-8(9-5)11-6(2)10-7;;/h3-4H,1-2H3;2*1H. The van der Waals surface area contributed by atoms with Gasteiger partial charge in [-0.1, -0.05) is 0 Å². The smallest absolute Gasteiger partial charge is 0.247 e. The number of aryl methyl sites for hydroxylation is 2. The zero-order valence-electron chi connectivity index (χ0n) is 7.27. The van der Waals surface area contributed by atoms with Gasteiger partial charge < -0.3 is 4.42 Å². The molecule has 0 amide bonds. The zero-order valence-corrected chi connectivity index (χ0v) is 8.91.